The molecule has 0 radical (unpaired) electrons. The summed E-state index contributed by atoms with van der Waals surface area (Å²) in [6, 6.07) is 12.2. The maximum Gasteiger partial charge on any atom is 0.261 e. The number of rotatable bonds is 9. The van der Waals surface area contributed by atoms with E-state index in [1.54, 1.807) is 36.4 Å². The molecule has 0 saturated heterocycles. The Morgan fingerprint density at radius 3 is 2.38 bits per heavy atom. The van der Waals surface area contributed by atoms with E-state index in [0.717, 1.165) is 31.2 Å². The van der Waals surface area contributed by atoms with E-state index in [1.165, 1.54) is 23.5 Å². The first kappa shape index (κ1) is 24.1. The number of amides is 2. The molecule has 1 fully saturated rings. The number of nitrogens with zero attached hydrogens (tertiary/aromatic N) is 1. The number of nitrogens with one attached hydrogen (secondary N) is 1. The van der Waals surface area contributed by atoms with Crippen LogP contribution < -0.4 is 10.1 Å². The van der Waals surface area contributed by atoms with Gasteiger partial charge in [-0.1, -0.05) is 49.9 Å². The molecule has 0 spiro atoms. The van der Waals surface area contributed by atoms with Crippen molar-refractivity contribution in [3.63, 3.8) is 0 Å². The third kappa shape index (κ3) is 6.95. The molecule has 1 N–H and O–H groups in total. The Kier molecular flexibility index (Phi) is 8.91. The van der Waals surface area contributed by atoms with Crippen molar-refractivity contribution in [3.8, 4) is 5.75 Å². The van der Waals surface area contributed by atoms with Gasteiger partial charge in [0.25, 0.3) is 5.91 Å². The first-order chi connectivity index (χ1) is 15.5. The lowest BCUT2D eigenvalue weighted by molar-refractivity contribution is -0.143. The molecule has 0 unspecified atom stereocenters. The lowest BCUT2D eigenvalue weighted by Crippen LogP contribution is -2.52. The van der Waals surface area contributed by atoms with Crippen LogP contribution in [0.5, 0.6) is 5.75 Å². The van der Waals surface area contributed by atoms with Gasteiger partial charge in [0.2, 0.25) is 5.91 Å². The fourth-order valence-corrected chi connectivity index (χ4v) is 4.14. The second-order valence-electron chi connectivity index (χ2n) is 8.16. The second kappa shape index (κ2) is 11.9. The number of ether oxygens (including phenoxy) is 1. The van der Waals surface area contributed by atoms with Gasteiger partial charge in [-0.05, 0) is 61.2 Å². The zero-order chi connectivity index (χ0) is 22.9. The molecule has 7 heteroatoms. The van der Waals surface area contributed by atoms with Gasteiger partial charge in [-0.15, -0.1) is 0 Å². The molecule has 172 valence electrons. The zero-order valence-electron chi connectivity index (χ0n) is 18.4. The van der Waals surface area contributed by atoms with E-state index in [2.05, 4.69) is 5.32 Å². The predicted molar refractivity (Wildman–Crippen MR) is 123 cm³/mol. The van der Waals surface area contributed by atoms with Gasteiger partial charge in [0, 0.05) is 17.6 Å². The first-order valence-corrected chi connectivity index (χ1v) is 11.6. The summed E-state index contributed by atoms with van der Waals surface area (Å²) in [6.45, 7) is 1.87. The van der Waals surface area contributed by atoms with Crippen molar-refractivity contribution in [3.05, 3.63) is 64.9 Å². The van der Waals surface area contributed by atoms with E-state index < -0.39 is 6.04 Å². The monoisotopic (exact) mass is 460 g/mol. The summed E-state index contributed by atoms with van der Waals surface area (Å²) >= 11 is 5.90. The number of carbonyl (C=O) groups excluding carboxylic acids is 2. The summed E-state index contributed by atoms with van der Waals surface area (Å²) in [5.74, 6) is -0.291. The van der Waals surface area contributed by atoms with E-state index in [-0.39, 0.29) is 36.8 Å². The average Bonchev–Trinajstić information content (AvgIpc) is 2.80. The Bertz CT molecular complexity index is 883. The van der Waals surface area contributed by atoms with Gasteiger partial charge in [-0.3, -0.25) is 9.59 Å². The number of halogens is 2. The minimum atomic E-state index is -0.636. The van der Waals surface area contributed by atoms with Gasteiger partial charge in [-0.25, -0.2) is 4.39 Å². The van der Waals surface area contributed by atoms with Gasteiger partial charge in [0.1, 0.15) is 17.6 Å². The highest BCUT2D eigenvalue weighted by atomic mass is 35.5. The summed E-state index contributed by atoms with van der Waals surface area (Å²) in [6.07, 6.45) is 5.80. The van der Waals surface area contributed by atoms with Crippen LogP contribution in [0.25, 0.3) is 0 Å². The molecule has 3 rings (SSSR count). The van der Waals surface area contributed by atoms with Crippen molar-refractivity contribution in [2.45, 2.75) is 64.1 Å². The average molecular weight is 461 g/mol. The molecule has 0 bridgehead atoms. The van der Waals surface area contributed by atoms with Crippen molar-refractivity contribution in [2.75, 3.05) is 6.61 Å². The third-order valence-electron chi connectivity index (χ3n) is 5.78. The molecule has 5 nitrogen and oxygen atoms in total. The van der Waals surface area contributed by atoms with E-state index in [4.69, 9.17) is 16.3 Å². The van der Waals surface area contributed by atoms with Crippen molar-refractivity contribution in [1.29, 1.82) is 0 Å². The van der Waals surface area contributed by atoms with E-state index in [9.17, 15) is 14.0 Å². The van der Waals surface area contributed by atoms with Crippen LogP contribution in [0.4, 0.5) is 4.39 Å². The Labute approximate surface area is 193 Å². The van der Waals surface area contributed by atoms with Gasteiger partial charge in [0.05, 0.1) is 0 Å². The number of hydrogen-bond donors (Lipinski definition) is 1. The minimum absolute atomic E-state index is 0.151. The highest BCUT2D eigenvalue weighted by Gasteiger charge is 2.30. The van der Waals surface area contributed by atoms with E-state index >= 15 is 0 Å². The van der Waals surface area contributed by atoms with Gasteiger partial charge in [-0.2, -0.15) is 0 Å². The Hall–Kier alpha value is -2.60. The van der Waals surface area contributed by atoms with Crippen LogP contribution in [0.3, 0.4) is 0 Å². The molecule has 1 atom stereocenters. The predicted octanol–water partition coefficient (Wildman–Crippen LogP) is 5.11. The quantitative estimate of drug-likeness (QED) is 0.565. The maximum atomic E-state index is 13.4. The van der Waals surface area contributed by atoms with Gasteiger partial charge < -0.3 is 15.0 Å². The summed E-state index contributed by atoms with van der Waals surface area (Å²) in [7, 11) is 0. The molecule has 1 aliphatic carbocycles. The maximum absolute atomic E-state index is 13.4. The summed E-state index contributed by atoms with van der Waals surface area (Å²) < 4.78 is 19.0. The molecule has 32 heavy (non-hydrogen) atoms. The van der Waals surface area contributed by atoms with Gasteiger partial charge >= 0.3 is 0 Å². The minimum Gasteiger partial charge on any atom is -0.484 e. The van der Waals surface area contributed by atoms with Crippen LogP contribution in [0.1, 0.15) is 51.0 Å². The van der Waals surface area contributed by atoms with Gasteiger partial charge in [0.15, 0.2) is 6.61 Å². The number of carbonyl (C=O) groups is 2. The topological polar surface area (TPSA) is 58.6 Å². The Morgan fingerprint density at radius 1 is 1.09 bits per heavy atom. The van der Waals surface area contributed by atoms with Crippen molar-refractivity contribution < 1.29 is 18.7 Å². The zero-order valence-corrected chi connectivity index (χ0v) is 19.1. The van der Waals surface area contributed by atoms with E-state index in [1.807, 2.05) is 6.92 Å². The van der Waals surface area contributed by atoms with Crippen LogP contribution >= 0.6 is 11.6 Å². The first-order valence-electron chi connectivity index (χ1n) is 11.2. The van der Waals surface area contributed by atoms with Crippen LogP contribution in [0.2, 0.25) is 5.02 Å². The van der Waals surface area contributed by atoms with Crippen LogP contribution in [-0.2, 0) is 16.1 Å². The second-order valence-corrected chi connectivity index (χ2v) is 8.59. The third-order valence-corrected chi connectivity index (χ3v) is 6.03. The molecule has 2 amide bonds. The highest BCUT2D eigenvalue weighted by Crippen LogP contribution is 2.20. The summed E-state index contributed by atoms with van der Waals surface area (Å²) in [4.78, 5) is 27.8. The molecule has 2 aromatic rings. The lowest BCUT2D eigenvalue weighted by Gasteiger charge is -2.32. The normalized spacial score (nSPS) is 15.1. The molecule has 1 aliphatic rings. The fourth-order valence-electron chi connectivity index (χ4n) is 4.01. The standard InChI is InChI=1S/C25H30ClFN2O3/c1-2-23(25(31)28-21-6-4-3-5-7-21)29(16-18-8-12-20(27)13-9-18)24(30)17-32-22-14-10-19(26)11-15-22/h8-15,21,23H,2-7,16-17H2,1H3,(H,28,31)/t23-/m0/s1. The largest absolute Gasteiger partial charge is 0.484 e. The number of benzene rings is 2. The Morgan fingerprint density at radius 2 is 1.75 bits per heavy atom. The van der Waals surface area contributed by atoms with Crippen molar-refractivity contribution in [1.82, 2.24) is 10.2 Å². The number of hydrogen-bond acceptors (Lipinski definition) is 3. The molecule has 1 saturated carbocycles. The SMILES string of the molecule is CC[C@@H](C(=O)NC1CCCCC1)N(Cc1ccc(F)cc1)C(=O)COc1ccc(Cl)cc1. The summed E-state index contributed by atoms with van der Waals surface area (Å²) in [5, 5.41) is 3.71. The van der Waals surface area contributed by atoms with Crippen LogP contribution in [-0.4, -0.2) is 35.4 Å². The smallest absolute Gasteiger partial charge is 0.261 e. The molecule has 0 heterocycles. The van der Waals surface area contributed by atoms with Crippen molar-refractivity contribution in [2.24, 2.45) is 0 Å². The van der Waals surface area contributed by atoms with Crippen molar-refractivity contribution >= 4 is 23.4 Å². The molecule has 2 aromatic carbocycles. The molecular formula is C25H30ClFN2O3. The van der Waals surface area contributed by atoms with E-state index in [0.29, 0.717) is 17.2 Å². The fraction of sp³-hybridized carbons (Fsp3) is 0.440. The highest BCUT2D eigenvalue weighted by molar-refractivity contribution is 6.30. The van der Waals surface area contributed by atoms with Crippen LogP contribution in [0, 0.1) is 5.82 Å². The molecule has 0 aromatic heterocycles. The Balaban J connectivity index is 1.73. The lowest BCUT2D eigenvalue weighted by atomic mass is 9.95. The summed E-state index contributed by atoms with van der Waals surface area (Å²) in [5.41, 5.74) is 0.746. The van der Waals surface area contributed by atoms with Crippen LogP contribution in [0.15, 0.2) is 48.5 Å². The molecular weight excluding hydrogens is 431 g/mol. The molecule has 0 aliphatic heterocycles.